The van der Waals surface area contributed by atoms with Gasteiger partial charge < -0.3 is 9.16 Å². The van der Waals surface area contributed by atoms with Crippen molar-refractivity contribution in [1.29, 1.82) is 0 Å². The Morgan fingerprint density at radius 2 is 1.58 bits per heavy atom. The summed E-state index contributed by atoms with van der Waals surface area (Å²) in [5, 5.41) is 2.54. The highest BCUT2D eigenvalue weighted by molar-refractivity contribution is 7.01. The fraction of sp³-hybridized carbons (Fsp3) is 0.238. The van der Waals surface area contributed by atoms with E-state index in [0.717, 1.165) is 6.42 Å². The van der Waals surface area contributed by atoms with Gasteiger partial charge in [0.1, 0.15) is 0 Å². The molecule has 1 aliphatic heterocycles. The van der Waals surface area contributed by atoms with E-state index in [0.29, 0.717) is 6.61 Å². The van der Waals surface area contributed by atoms with Gasteiger partial charge in [0.15, 0.2) is 0 Å². The van der Waals surface area contributed by atoms with Crippen LogP contribution in [0, 0.1) is 0 Å². The van der Waals surface area contributed by atoms with Crippen LogP contribution in [0.3, 0.4) is 0 Å². The van der Waals surface area contributed by atoms with Crippen molar-refractivity contribution in [3.8, 4) is 0 Å². The van der Waals surface area contributed by atoms with Crippen molar-refractivity contribution >= 4 is 18.7 Å². The van der Waals surface area contributed by atoms with Crippen LogP contribution in [0.1, 0.15) is 13.3 Å². The number of allylic oxidation sites excluding steroid dienone is 1. The van der Waals surface area contributed by atoms with Gasteiger partial charge in [-0.2, -0.15) is 0 Å². The maximum absolute atomic E-state index is 6.75. The maximum atomic E-state index is 6.75. The molecule has 1 heterocycles. The zero-order chi connectivity index (χ0) is 16.8. The summed E-state index contributed by atoms with van der Waals surface area (Å²) >= 11 is 0. The topological polar surface area (TPSA) is 18.5 Å². The predicted octanol–water partition coefficient (Wildman–Crippen LogP) is 3.22. The van der Waals surface area contributed by atoms with Gasteiger partial charge in [-0.1, -0.05) is 78.5 Å². The molecule has 0 aromatic heterocycles. The standard InChI is InChI=1S/C21H24O2Si/c1-18-10-9-11-19(16-22-2)17-24(23-18,20-12-5-3-6-13-20)21-14-7-4-8-15-21/h3-10,12-15,17-18H,11,16H2,1-2H3/b10-9-,19-17+. The first-order chi connectivity index (χ1) is 11.7. The molecule has 0 bridgehead atoms. The second-order valence-electron chi connectivity index (χ2n) is 6.16. The number of rotatable bonds is 4. The second-order valence-corrected chi connectivity index (χ2v) is 9.31. The van der Waals surface area contributed by atoms with Crippen molar-refractivity contribution in [1.82, 2.24) is 0 Å². The lowest BCUT2D eigenvalue weighted by Gasteiger charge is -2.33. The Hall–Kier alpha value is -1.94. The minimum absolute atomic E-state index is 0.0809. The molecule has 1 unspecified atom stereocenters. The van der Waals surface area contributed by atoms with Crippen molar-refractivity contribution in [3.05, 3.63) is 84.1 Å². The van der Waals surface area contributed by atoms with Gasteiger partial charge in [-0.05, 0) is 29.3 Å². The van der Waals surface area contributed by atoms with E-state index in [-0.39, 0.29) is 6.10 Å². The van der Waals surface area contributed by atoms with Gasteiger partial charge >= 0.3 is 0 Å². The van der Waals surface area contributed by atoms with Crippen LogP contribution in [0.5, 0.6) is 0 Å². The Labute approximate surface area is 145 Å². The highest BCUT2D eigenvalue weighted by Gasteiger charge is 2.39. The van der Waals surface area contributed by atoms with E-state index in [4.69, 9.17) is 9.16 Å². The van der Waals surface area contributed by atoms with Crippen LogP contribution >= 0.6 is 0 Å². The zero-order valence-corrected chi connectivity index (χ0v) is 15.3. The first kappa shape index (κ1) is 16.9. The molecule has 2 aromatic carbocycles. The lowest BCUT2D eigenvalue weighted by molar-refractivity contribution is 0.223. The lowest BCUT2D eigenvalue weighted by Crippen LogP contribution is -2.61. The zero-order valence-electron chi connectivity index (χ0n) is 14.3. The van der Waals surface area contributed by atoms with Crippen molar-refractivity contribution in [2.75, 3.05) is 13.7 Å². The highest BCUT2D eigenvalue weighted by atomic mass is 28.4. The van der Waals surface area contributed by atoms with Gasteiger partial charge in [0.2, 0.25) is 0 Å². The molecule has 0 N–H and O–H groups in total. The van der Waals surface area contributed by atoms with Gasteiger partial charge in [-0.3, -0.25) is 0 Å². The molecule has 124 valence electrons. The number of benzene rings is 2. The Bertz CT molecular complexity index is 668. The van der Waals surface area contributed by atoms with Crippen LogP contribution < -0.4 is 10.4 Å². The first-order valence-electron chi connectivity index (χ1n) is 8.39. The lowest BCUT2D eigenvalue weighted by atomic mass is 10.2. The van der Waals surface area contributed by atoms with E-state index in [1.165, 1.54) is 15.9 Å². The van der Waals surface area contributed by atoms with Crippen LogP contribution in [-0.2, 0) is 9.16 Å². The van der Waals surface area contributed by atoms with Crippen LogP contribution in [0.4, 0.5) is 0 Å². The molecule has 3 heteroatoms. The average molecular weight is 337 g/mol. The van der Waals surface area contributed by atoms with Crippen molar-refractivity contribution < 1.29 is 9.16 Å². The van der Waals surface area contributed by atoms with Crippen molar-refractivity contribution in [2.24, 2.45) is 0 Å². The van der Waals surface area contributed by atoms with Crippen LogP contribution in [-0.4, -0.2) is 28.1 Å². The Morgan fingerprint density at radius 1 is 1.00 bits per heavy atom. The Morgan fingerprint density at radius 3 is 2.12 bits per heavy atom. The summed E-state index contributed by atoms with van der Waals surface area (Å²) in [6.07, 6.45) is 5.34. The minimum Gasteiger partial charge on any atom is -0.398 e. The summed E-state index contributed by atoms with van der Waals surface area (Å²) in [6.45, 7) is 2.76. The molecule has 0 fully saturated rings. The summed E-state index contributed by atoms with van der Waals surface area (Å²) in [7, 11) is -0.723. The molecular weight excluding hydrogens is 312 g/mol. The molecule has 3 rings (SSSR count). The Balaban J connectivity index is 2.21. The third kappa shape index (κ3) is 3.59. The number of hydrogen-bond acceptors (Lipinski definition) is 2. The molecule has 0 aliphatic carbocycles. The van der Waals surface area contributed by atoms with E-state index in [2.05, 4.69) is 85.4 Å². The second kappa shape index (κ2) is 7.75. The predicted molar refractivity (Wildman–Crippen MR) is 102 cm³/mol. The molecular formula is C21H24O2Si. The summed E-state index contributed by atoms with van der Waals surface area (Å²) in [5.41, 5.74) is 3.65. The summed E-state index contributed by atoms with van der Waals surface area (Å²) in [4.78, 5) is 0. The third-order valence-corrected chi connectivity index (χ3v) is 8.24. The maximum Gasteiger partial charge on any atom is 0.281 e. The summed E-state index contributed by atoms with van der Waals surface area (Å²) in [6, 6.07) is 21.3. The van der Waals surface area contributed by atoms with Crippen LogP contribution in [0.2, 0.25) is 0 Å². The van der Waals surface area contributed by atoms with E-state index in [1.54, 1.807) is 7.11 Å². The average Bonchev–Trinajstić information content (AvgIpc) is 2.61. The van der Waals surface area contributed by atoms with Gasteiger partial charge in [-0.15, -0.1) is 0 Å². The molecule has 2 aromatic rings. The van der Waals surface area contributed by atoms with E-state index in [9.17, 15) is 0 Å². The summed E-state index contributed by atoms with van der Waals surface area (Å²) < 4.78 is 12.2. The molecule has 0 saturated carbocycles. The molecule has 1 atom stereocenters. The SMILES string of the molecule is COC/C1=C/[Si](c2ccccc2)(c2ccccc2)OC(C)/C=C\C1. The van der Waals surface area contributed by atoms with Crippen LogP contribution in [0.25, 0.3) is 0 Å². The fourth-order valence-electron chi connectivity index (χ4n) is 3.25. The highest BCUT2D eigenvalue weighted by Crippen LogP contribution is 2.20. The molecule has 0 spiro atoms. The largest absolute Gasteiger partial charge is 0.398 e. The van der Waals surface area contributed by atoms with E-state index < -0.39 is 8.32 Å². The number of ether oxygens (including phenoxy) is 1. The van der Waals surface area contributed by atoms with Gasteiger partial charge in [0.25, 0.3) is 8.32 Å². The van der Waals surface area contributed by atoms with Crippen LogP contribution in [0.15, 0.2) is 84.1 Å². The normalized spacial score (nSPS) is 23.6. The minimum atomic E-state index is -2.47. The number of hydrogen-bond donors (Lipinski definition) is 0. The van der Waals surface area contributed by atoms with Gasteiger partial charge in [0, 0.05) is 7.11 Å². The molecule has 1 aliphatic rings. The van der Waals surface area contributed by atoms with Crippen molar-refractivity contribution in [2.45, 2.75) is 19.4 Å². The number of methoxy groups -OCH3 is 1. The van der Waals surface area contributed by atoms with E-state index >= 15 is 0 Å². The van der Waals surface area contributed by atoms with E-state index in [1.807, 2.05) is 0 Å². The molecule has 0 saturated heterocycles. The smallest absolute Gasteiger partial charge is 0.281 e. The molecule has 0 radical (unpaired) electrons. The van der Waals surface area contributed by atoms with Gasteiger partial charge in [-0.25, -0.2) is 0 Å². The molecule has 2 nitrogen and oxygen atoms in total. The molecule has 0 amide bonds. The fourth-order valence-corrected chi connectivity index (χ4v) is 7.07. The monoisotopic (exact) mass is 336 g/mol. The van der Waals surface area contributed by atoms with Gasteiger partial charge in [0.05, 0.1) is 12.7 Å². The quantitative estimate of drug-likeness (QED) is 0.630. The first-order valence-corrected chi connectivity index (χ1v) is 10.4. The molecule has 24 heavy (non-hydrogen) atoms. The van der Waals surface area contributed by atoms with Crippen molar-refractivity contribution in [3.63, 3.8) is 0 Å². The summed E-state index contributed by atoms with van der Waals surface area (Å²) in [5.74, 6) is 0. The third-order valence-electron chi connectivity index (χ3n) is 4.30. The Kier molecular flexibility index (Phi) is 5.46.